The summed E-state index contributed by atoms with van der Waals surface area (Å²) in [5.41, 5.74) is -0.487. The quantitative estimate of drug-likeness (QED) is 0.747. The van der Waals surface area contributed by atoms with Gasteiger partial charge in [-0.3, -0.25) is 4.79 Å². The summed E-state index contributed by atoms with van der Waals surface area (Å²) in [6.45, 7) is 1.91. The molecule has 2 nitrogen and oxygen atoms in total. The fourth-order valence-corrected chi connectivity index (χ4v) is 2.95. The third-order valence-corrected chi connectivity index (χ3v) is 4.08. The maximum atomic E-state index is 12.7. The molecule has 0 amide bonds. The Bertz CT molecular complexity index is 488. The molecule has 0 atom stereocenters. The van der Waals surface area contributed by atoms with E-state index in [1.165, 1.54) is 18.2 Å². The van der Waals surface area contributed by atoms with Crippen LogP contribution < -0.4 is 4.74 Å². The molecule has 0 aromatic heterocycles. The van der Waals surface area contributed by atoms with Crippen LogP contribution in [0.15, 0.2) is 24.3 Å². The molecule has 0 bridgehead atoms. The van der Waals surface area contributed by atoms with E-state index in [-0.39, 0.29) is 11.3 Å². The van der Waals surface area contributed by atoms with Crippen LogP contribution in [0, 0.1) is 5.41 Å². The molecule has 1 aliphatic rings. The van der Waals surface area contributed by atoms with Crippen molar-refractivity contribution >= 4 is 5.78 Å². The third-order valence-electron chi connectivity index (χ3n) is 4.08. The van der Waals surface area contributed by atoms with Crippen molar-refractivity contribution in [3.63, 3.8) is 0 Å². The van der Waals surface area contributed by atoms with Crippen LogP contribution in [0.3, 0.4) is 0 Å². The fourth-order valence-electron chi connectivity index (χ4n) is 2.95. The second-order valence-electron chi connectivity index (χ2n) is 5.21. The number of halogens is 3. The van der Waals surface area contributed by atoms with Crippen LogP contribution in [0.2, 0.25) is 0 Å². The number of Topliss-reactive ketones (excluding diaryl/α,β-unsaturated/α-hetero) is 1. The highest BCUT2D eigenvalue weighted by Crippen LogP contribution is 2.45. The lowest BCUT2D eigenvalue weighted by atomic mass is 9.76. The lowest BCUT2D eigenvalue weighted by molar-refractivity contribution is -0.274. The zero-order valence-corrected chi connectivity index (χ0v) is 11.3. The lowest BCUT2D eigenvalue weighted by Gasteiger charge is -2.26. The molecule has 1 fully saturated rings. The van der Waals surface area contributed by atoms with Crippen molar-refractivity contribution < 1.29 is 22.7 Å². The predicted octanol–water partition coefficient (Wildman–Crippen LogP) is 4.74. The molecular formula is C15H17F3O2. The van der Waals surface area contributed by atoms with Gasteiger partial charge in [0.25, 0.3) is 0 Å². The SMILES string of the molecule is CCC1(C(=O)c2ccccc2OC(F)(F)F)CCCC1. The first-order valence-corrected chi connectivity index (χ1v) is 6.77. The van der Waals surface area contributed by atoms with Crippen LogP contribution in [0.1, 0.15) is 49.4 Å². The zero-order chi connectivity index (χ0) is 14.8. The molecule has 2 rings (SSSR count). The second-order valence-corrected chi connectivity index (χ2v) is 5.21. The number of ketones is 1. The number of alkyl halides is 3. The Balaban J connectivity index is 2.35. The summed E-state index contributed by atoms with van der Waals surface area (Å²) in [5, 5.41) is 0. The van der Waals surface area contributed by atoms with Crippen molar-refractivity contribution in [2.75, 3.05) is 0 Å². The van der Waals surface area contributed by atoms with E-state index in [2.05, 4.69) is 4.74 Å². The molecule has 1 aromatic rings. The highest BCUT2D eigenvalue weighted by atomic mass is 19.4. The fraction of sp³-hybridized carbons (Fsp3) is 0.533. The summed E-state index contributed by atoms with van der Waals surface area (Å²) in [7, 11) is 0. The summed E-state index contributed by atoms with van der Waals surface area (Å²) >= 11 is 0. The maximum absolute atomic E-state index is 12.7. The smallest absolute Gasteiger partial charge is 0.405 e. The van der Waals surface area contributed by atoms with E-state index in [1.807, 2.05) is 6.92 Å². The van der Waals surface area contributed by atoms with Crippen LogP contribution in [-0.2, 0) is 0 Å². The van der Waals surface area contributed by atoms with Gasteiger partial charge in [0.15, 0.2) is 5.78 Å². The van der Waals surface area contributed by atoms with Gasteiger partial charge in [-0.05, 0) is 31.4 Å². The van der Waals surface area contributed by atoms with Crippen LogP contribution in [0.4, 0.5) is 13.2 Å². The van der Waals surface area contributed by atoms with Gasteiger partial charge in [-0.2, -0.15) is 0 Å². The van der Waals surface area contributed by atoms with Gasteiger partial charge in [0.1, 0.15) is 5.75 Å². The first kappa shape index (κ1) is 14.9. The minimum Gasteiger partial charge on any atom is -0.405 e. The molecule has 0 radical (unpaired) electrons. The Kier molecular flexibility index (Phi) is 4.06. The van der Waals surface area contributed by atoms with Gasteiger partial charge in [0.2, 0.25) is 0 Å². The summed E-state index contributed by atoms with van der Waals surface area (Å²) in [4.78, 5) is 12.7. The van der Waals surface area contributed by atoms with Crippen molar-refractivity contribution in [3.05, 3.63) is 29.8 Å². The molecule has 20 heavy (non-hydrogen) atoms. The molecule has 0 unspecified atom stereocenters. The highest BCUT2D eigenvalue weighted by Gasteiger charge is 2.41. The molecule has 0 spiro atoms. The van der Waals surface area contributed by atoms with Gasteiger partial charge in [0, 0.05) is 5.41 Å². The summed E-state index contributed by atoms with van der Waals surface area (Å²) in [6, 6.07) is 5.61. The topological polar surface area (TPSA) is 26.3 Å². The minimum atomic E-state index is -4.79. The van der Waals surface area contributed by atoms with Gasteiger partial charge >= 0.3 is 6.36 Å². The zero-order valence-electron chi connectivity index (χ0n) is 11.3. The van der Waals surface area contributed by atoms with E-state index >= 15 is 0 Å². The average Bonchev–Trinajstić information content (AvgIpc) is 2.86. The Morgan fingerprint density at radius 1 is 1.25 bits per heavy atom. The molecular weight excluding hydrogens is 269 g/mol. The van der Waals surface area contributed by atoms with Crippen LogP contribution in [-0.4, -0.2) is 12.1 Å². The Hall–Kier alpha value is -1.52. The molecule has 0 heterocycles. The monoisotopic (exact) mass is 286 g/mol. The number of hydrogen-bond donors (Lipinski definition) is 0. The van der Waals surface area contributed by atoms with Crippen LogP contribution in [0.25, 0.3) is 0 Å². The molecule has 1 aliphatic carbocycles. The highest BCUT2D eigenvalue weighted by molar-refractivity contribution is 6.02. The minimum absolute atomic E-state index is 0.0357. The Labute approximate surface area is 115 Å². The largest absolute Gasteiger partial charge is 0.573 e. The Morgan fingerprint density at radius 3 is 2.40 bits per heavy atom. The molecule has 0 saturated heterocycles. The normalized spacial score (nSPS) is 18.0. The lowest BCUT2D eigenvalue weighted by Crippen LogP contribution is -2.28. The predicted molar refractivity (Wildman–Crippen MR) is 68.6 cm³/mol. The summed E-state index contributed by atoms with van der Waals surface area (Å²) in [5.74, 6) is -0.623. The van der Waals surface area contributed by atoms with Gasteiger partial charge in [0.05, 0.1) is 5.56 Å². The molecule has 0 aliphatic heterocycles. The van der Waals surface area contributed by atoms with Gasteiger partial charge in [-0.1, -0.05) is 31.9 Å². The van der Waals surface area contributed by atoms with Crippen LogP contribution >= 0.6 is 0 Å². The first-order valence-electron chi connectivity index (χ1n) is 6.77. The number of para-hydroxylation sites is 1. The standard InChI is InChI=1S/C15H17F3O2/c1-2-14(9-5-6-10-14)13(19)11-7-3-4-8-12(11)20-15(16,17)18/h3-4,7-8H,2,5-6,9-10H2,1H3. The molecule has 5 heteroatoms. The number of hydrogen-bond acceptors (Lipinski definition) is 2. The van der Waals surface area contributed by atoms with E-state index < -0.39 is 17.5 Å². The maximum Gasteiger partial charge on any atom is 0.573 e. The van der Waals surface area contributed by atoms with Crippen molar-refractivity contribution in [2.45, 2.75) is 45.4 Å². The van der Waals surface area contributed by atoms with Crippen LogP contribution in [0.5, 0.6) is 5.75 Å². The Morgan fingerprint density at radius 2 is 1.85 bits per heavy atom. The average molecular weight is 286 g/mol. The second kappa shape index (κ2) is 5.46. The van der Waals surface area contributed by atoms with E-state index in [0.29, 0.717) is 6.42 Å². The molecule has 1 aromatic carbocycles. The molecule has 1 saturated carbocycles. The summed E-state index contributed by atoms with van der Waals surface area (Å²) < 4.78 is 41.2. The number of benzene rings is 1. The van der Waals surface area contributed by atoms with Crippen molar-refractivity contribution in [2.24, 2.45) is 5.41 Å². The van der Waals surface area contributed by atoms with Gasteiger partial charge < -0.3 is 4.74 Å². The van der Waals surface area contributed by atoms with E-state index in [4.69, 9.17) is 0 Å². The van der Waals surface area contributed by atoms with Crippen molar-refractivity contribution in [3.8, 4) is 5.75 Å². The van der Waals surface area contributed by atoms with E-state index in [1.54, 1.807) is 6.07 Å². The number of carbonyl (C=O) groups excluding carboxylic acids is 1. The first-order chi connectivity index (χ1) is 9.38. The van der Waals surface area contributed by atoms with Gasteiger partial charge in [-0.15, -0.1) is 13.2 Å². The van der Waals surface area contributed by atoms with Crippen molar-refractivity contribution in [1.29, 1.82) is 0 Å². The van der Waals surface area contributed by atoms with Crippen molar-refractivity contribution in [1.82, 2.24) is 0 Å². The molecule has 110 valence electrons. The molecule has 0 N–H and O–H groups in total. The number of carbonyl (C=O) groups is 1. The summed E-state index contributed by atoms with van der Waals surface area (Å²) in [6.07, 6.45) is -0.771. The van der Waals surface area contributed by atoms with Gasteiger partial charge in [-0.25, -0.2) is 0 Å². The number of ether oxygens (including phenoxy) is 1. The number of rotatable bonds is 4. The third kappa shape index (κ3) is 2.97. The van der Waals surface area contributed by atoms with E-state index in [9.17, 15) is 18.0 Å². The van der Waals surface area contributed by atoms with E-state index in [0.717, 1.165) is 25.7 Å².